The van der Waals surface area contributed by atoms with Gasteiger partial charge in [-0.25, -0.2) is 0 Å². The Morgan fingerprint density at radius 1 is 1.38 bits per heavy atom. The topological polar surface area (TPSA) is 63.7 Å². The fourth-order valence-electron chi connectivity index (χ4n) is 3.61. The predicted molar refractivity (Wildman–Crippen MR) is 86.3 cm³/mol. The van der Waals surface area contributed by atoms with Crippen LogP contribution < -0.4 is 0 Å². The van der Waals surface area contributed by atoms with Gasteiger partial charge in [0.1, 0.15) is 5.76 Å². The van der Waals surface area contributed by atoms with Gasteiger partial charge in [0.25, 0.3) is 5.91 Å². The highest BCUT2D eigenvalue weighted by Crippen LogP contribution is 2.25. The second kappa shape index (κ2) is 6.41. The average molecular weight is 330 g/mol. The zero-order valence-corrected chi connectivity index (χ0v) is 13.8. The van der Waals surface area contributed by atoms with Crippen molar-refractivity contribution in [2.45, 2.75) is 12.6 Å². The van der Waals surface area contributed by atoms with Crippen molar-refractivity contribution in [1.29, 1.82) is 0 Å². The minimum absolute atomic E-state index is 0.0392. The van der Waals surface area contributed by atoms with Crippen LogP contribution in [0.15, 0.2) is 35.2 Å². The Labute approximate surface area is 140 Å². The molecule has 0 unspecified atom stereocenters. The van der Waals surface area contributed by atoms with Gasteiger partial charge in [-0.05, 0) is 12.1 Å². The van der Waals surface area contributed by atoms with E-state index in [-0.39, 0.29) is 12.0 Å². The predicted octanol–water partition coefficient (Wildman–Crippen LogP) is 0.986. The third-order valence-corrected chi connectivity index (χ3v) is 4.81. The standard InChI is InChI=1S/C17H22N4O3/c1-19-8-13(7-18-19)17(22)21-10-14-9-20(4-6-24-16(14)12-21)11-15-3-2-5-23-15/h2-3,5,7-8,14,16H,4,6,9-12H2,1H3/t14-,16+/m0/s1. The molecule has 7 nitrogen and oxygen atoms in total. The van der Waals surface area contributed by atoms with Gasteiger partial charge in [-0.1, -0.05) is 0 Å². The van der Waals surface area contributed by atoms with E-state index in [4.69, 9.17) is 9.15 Å². The first kappa shape index (κ1) is 15.4. The van der Waals surface area contributed by atoms with Gasteiger partial charge in [-0.3, -0.25) is 14.4 Å². The van der Waals surface area contributed by atoms with E-state index in [1.54, 1.807) is 23.3 Å². The number of aryl methyl sites for hydroxylation is 1. The molecule has 2 saturated heterocycles. The molecule has 0 saturated carbocycles. The molecule has 24 heavy (non-hydrogen) atoms. The smallest absolute Gasteiger partial charge is 0.257 e. The van der Waals surface area contributed by atoms with E-state index < -0.39 is 0 Å². The highest BCUT2D eigenvalue weighted by molar-refractivity contribution is 5.94. The van der Waals surface area contributed by atoms with E-state index in [9.17, 15) is 4.79 Å². The number of rotatable bonds is 3. The molecule has 0 aliphatic carbocycles. The molecule has 2 aliphatic heterocycles. The number of aromatic nitrogens is 2. The minimum atomic E-state index is 0.0392. The van der Waals surface area contributed by atoms with Crippen molar-refractivity contribution in [2.24, 2.45) is 13.0 Å². The van der Waals surface area contributed by atoms with Crippen molar-refractivity contribution < 1.29 is 13.9 Å². The Morgan fingerprint density at radius 3 is 3.04 bits per heavy atom. The number of carbonyl (C=O) groups excluding carboxylic acids is 1. The molecule has 4 heterocycles. The van der Waals surface area contributed by atoms with Crippen molar-refractivity contribution in [3.8, 4) is 0 Å². The summed E-state index contributed by atoms with van der Waals surface area (Å²) in [6.45, 7) is 4.68. The molecule has 0 radical (unpaired) electrons. The van der Waals surface area contributed by atoms with Crippen LogP contribution in [0.25, 0.3) is 0 Å². The number of nitrogens with zero attached hydrogens (tertiary/aromatic N) is 4. The van der Waals surface area contributed by atoms with Crippen LogP contribution in [0.1, 0.15) is 16.1 Å². The normalized spacial score (nSPS) is 24.8. The summed E-state index contributed by atoms with van der Waals surface area (Å²) in [5.41, 5.74) is 0.640. The summed E-state index contributed by atoms with van der Waals surface area (Å²) in [6.07, 6.45) is 5.21. The second-order valence-electron chi connectivity index (χ2n) is 6.60. The number of ether oxygens (including phenoxy) is 1. The molecule has 4 rings (SSSR count). The number of hydrogen-bond acceptors (Lipinski definition) is 5. The van der Waals surface area contributed by atoms with E-state index in [0.717, 1.165) is 31.9 Å². The summed E-state index contributed by atoms with van der Waals surface area (Å²) in [6, 6.07) is 3.91. The number of amides is 1. The van der Waals surface area contributed by atoms with E-state index in [0.29, 0.717) is 24.6 Å². The fourth-order valence-corrected chi connectivity index (χ4v) is 3.61. The van der Waals surface area contributed by atoms with Gasteiger partial charge in [-0.2, -0.15) is 5.10 Å². The molecular weight excluding hydrogens is 308 g/mol. The molecule has 2 aromatic heterocycles. The highest BCUT2D eigenvalue weighted by Gasteiger charge is 2.39. The number of fused-ring (bicyclic) bond motifs is 1. The summed E-state index contributed by atoms with van der Waals surface area (Å²) < 4.78 is 13.1. The Bertz CT molecular complexity index is 697. The largest absolute Gasteiger partial charge is 0.468 e. The van der Waals surface area contributed by atoms with E-state index >= 15 is 0 Å². The van der Waals surface area contributed by atoms with Gasteiger partial charge >= 0.3 is 0 Å². The molecule has 0 aromatic carbocycles. The lowest BCUT2D eigenvalue weighted by Crippen LogP contribution is -2.33. The SMILES string of the molecule is Cn1cc(C(=O)N2C[C@@H]3CN(Cc4ccco4)CCO[C@@H]3C2)cn1. The summed E-state index contributed by atoms with van der Waals surface area (Å²) in [7, 11) is 1.82. The first-order valence-corrected chi connectivity index (χ1v) is 8.33. The van der Waals surface area contributed by atoms with Crippen molar-refractivity contribution in [1.82, 2.24) is 19.6 Å². The van der Waals surface area contributed by atoms with Crippen LogP contribution in [0.2, 0.25) is 0 Å². The van der Waals surface area contributed by atoms with Crippen LogP contribution in [0.3, 0.4) is 0 Å². The summed E-state index contributed by atoms with van der Waals surface area (Å²) >= 11 is 0. The molecule has 2 aliphatic rings. The maximum atomic E-state index is 12.6. The molecule has 2 atom stereocenters. The lowest BCUT2D eigenvalue weighted by atomic mass is 10.1. The Balaban J connectivity index is 1.41. The van der Waals surface area contributed by atoms with Gasteiger partial charge in [0.15, 0.2) is 0 Å². The fraction of sp³-hybridized carbons (Fsp3) is 0.529. The van der Waals surface area contributed by atoms with Crippen LogP contribution in [-0.2, 0) is 18.3 Å². The zero-order chi connectivity index (χ0) is 16.5. The van der Waals surface area contributed by atoms with Crippen LogP contribution in [0.5, 0.6) is 0 Å². The quantitative estimate of drug-likeness (QED) is 0.840. The van der Waals surface area contributed by atoms with Crippen LogP contribution in [0.4, 0.5) is 0 Å². The Kier molecular flexibility index (Phi) is 4.12. The minimum Gasteiger partial charge on any atom is -0.468 e. The molecule has 0 bridgehead atoms. The van der Waals surface area contributed by atoms with Crippen molar-refractivity contribution >= 4 is 5.91 Å². The first-order valence-electron chi connectivity index (χ1n) is 8.33. The molecular formula is C17H22N4O3. The van der Waals surface area contributed by atoms with Crippen molar-refractivity contribution in [3.05, 3.63) is 42.1 Å². The Hall–Kier alpha value is -2.12. The van der Waals surface area contributed by atoms with Crippen LogP contribution in [-0.4, -0.2) is 64.4 Å². The number of hydrogen-bond donors (Lipinski definition) is 0. The summed E-state index contributed by atoms with van der Waals surface area (Å²) in [4.78, 5) is 16.9. The number of carbonyl (C=O) groups is 1. The van der Waals surface area contributed by atoms with Gasteiger partial charge in [0.2, 0.25) is 0 Å². The van der Waals surface area contributed by atoms with Crippen LogP contribution in [0, 0.1) is 5.92 Å². The maximum absolute atomic E-state index is 12.6. The van der Waals surface area contributed by atoms with Gasteiger partial charge < -0.3 is 14.1 Å². The summed E-state index contributed by atoms with van der Waals surface area (Å²) in [5, 5.41) is 4.09. The average Bonchev–Trinajstić information content (AvgIpc) is 3.28. The molecule has 7 heteroatoms. The molecule has 2 aromatic rings. The van der Waals surface area contributed by atoms with Gasteiger partial charge in [0.05, 0.1) is 37.3 Å². The van der Waals surface area contributed by atoms with Crippen molar-refractivity contribution in [3.63, 3.8) is 0 Å². The van der Waals surface area contributed by atoms with E-state index in [2.05, 4.69) is 10.00 Å². The second-order valence-corrected chi connectivity index (χ2v) is 6.60. The third-order valence-electron chi connectivity index (χ3n) is 4.81. The maximum Gasteiger partial charge on any atom is 0.257 e. The van der Waals surface area contributed by atoms with E-state index in [1.807, 2.05) is 24.1 Å². The molecule has 1 amide bonds. The molecule has 0 N–H and O–H groups in total. The summed E-state index contributed by atoms with van der Waals surface area (Å²) in [5.74, 6) is 1.34. The number of likely N-dealkylation sites (tertiary alicyclic amines) is 1. The van der Waals surface area contributed by atoms with Crippen molar-refractivity contribution in [2.75, 3.05) is 32.8 Å². The number of furan rings is 1. The van der Waals surface area contributed by atoms with E-state index in [1.165, 1.54) is 0 Å². The molecule has 0 spiro atoms. The van der Waals surface area contributed by atoms with Gasteiger partial charge in [-0.15, -0.1) is 0 Å². The first-order chi connectivity index (χ1) is 11.7. The molecule has 128 valence electrons. The lowest BCUT2D eigenvalue weighted by Gasteiger charge is -2.22. The lowest BCUT2D eigenvalue weighted by molar-refractivity contribution is 0.0482. The van der Waals surface area contributed by atoms with Crippen LogP contribution >= 0.6 is 0 Å². The Morgan fingerprint density at radius 2 is 2.29 bits per heavy atom. The monoisotopic (exact) mass is 330 g/mol. The molecule has 2 fully saturated rings. The highest BCUT2D eigenvalue weighted by atomic mass is 16.5. The third kappa shape index (κ3) is 3.09. The zero-order valence-electron chi connectivity index (χ0n) is 13.8. The van der Waals surface area contributed by atoms with Gasteiger partial charge in [0, 0.05) is 45.3 Å².